The summed E-state index contributed by atoms with van der Waals surface area (Å²) in [4.78, 5) is 16.3. The van der Waals surface area contributed by atoms with Gasteiger partial charge in [-0.15, -0.1) is 0 Å². The lowest BCUT2D eigenvalue weighted by Gasteiger charge is -2.28. The largest absolute Gasteiger partial charge is 0.496 e. The Kier molecular flexibility index (Phi) is 6.02. The highest BCUT2D eigenvalue weighted by Gasteiger charge is 2.35. The third-order valence-corrected chi connectivity index (χ3v) is 7.07. The maximum Gasteiger partial charge on any atom is 0.339 e. The Bertz CT molecular complexity index is 1430. The highest BCUT2D eigenvalue weighted by molar-refractivity contribution is 5.97. The summed E-state index contributed by atoms with van der Waals surface area (Å²) < 4.78 is 40.3. The van der Waals surface area contributed by atoms with Crippen molar-refractivity contribution in [3.8, 4) is 28.0 Å². The number of aromatic nitrogens is 3. The highest BCUT2D eigenvalue weighted by Crippen LogP contribution is 2.39. The standard InChI is InChI=1S/C27H27F2N3O4/c1-15-24(16(2)36-31-15)19-10-22-25(30-12-19)21(18-4-5-20(26(33)34)23(11-18)35-3)14-32(22)13-17-6-8-27(28,29)9-7-17/h4-5,10-12,14,17H,6-9,13H2,1-3H3,(H,33,34). The van der Waals surface area contributed by atoms with Gasteiger partial charge in [-0.1, -0.05) is 11.2 Å². The number of carbonyl (C=O) groups is 1. The second-order valence-electron chi connectivity index (χ2n) is 9.51. The molecule has 7 nitrogen and oxygen atoms in total. The molecule has 0 unspecified atom stereocenters. The summed E-state index contributed by atoms with van der Waals surface area (Å²) in [6, 6.07) is 6.96. The number of carboxylic acids is 1. The van der Waals surface area contributed by atoms with Crippen LogP contribution in [0.15, 0.2) is 41.2 Å². The number of hydrogen-bond acceptors (Lipinski definition) is 5. The van der Waals surface area contributed by atoms with E-state index < -0.39 is 11.9 Å². The lowest BCUT2D eigenvalue weighted by molar-refractivity contribution is -0.0472. The van der Waals surface area contributed by atoms with Crippen LogP contribution in [0, 0.1) is 19.8 Å². The first-order valence-electron chi connectivity index (χ1n) is 11.9. The van der Waals surface area contributed by atoms with Gasteiger partial charge in [-0.05, 0) is 56.4 Å². The van der Waals surface area contributed by atoms with E-state index in [1.807, 2.05) is 26.1 Å². The Morgan fingerprint density at radius 2 is 1.97 bits per heavy atom. The van der Waals surface area contributed by atoms with Crippen LogP contribution < -0.4 is 4.74 Å². The number of hydrogen-bond donors (Lipinski definition) is 1. The summed E-state index contributed by atoms with van der Waals surface area (Å²) in [5, 5.41) is 13.5. The monoisotopic (exact) mass is 495 g/mol. The van der Waals surface area contributed by atoms with Gasteiger partial charge in [0.25, 0.3) is 0 Å². The van der Waals surface area contributed by atoms with Gasteiger partial charge >= 0.3 is 5.97 Å². The average molecular weight is 496 g/mol. The van der Waals surface area contributed by atoms with Crippen LogP contribution in [-0.4, -0.2) is 38.8 Å². The number of aromatic carboxylic acids is 1. The molecule has 188 valence electrons. The van der Waals surface area contributed by atoms with E-state index in [-0.39, 0.29) is 30.1 Å². The van der Waals surface area contributed by atoms with E-state index in [1.54, 1.807) is 18.3 Å². The first kappa shape index (κ1) is 24.0. The fourth-order valence-electron chi connectivity index (χ4n) is 5.16. The summed E-state index contributed by atoms with van der Waals surface area (Å²) in [5.41, 5.74) is 5.73. The van der Waals surface area contributed by atoms with Crippen molar-refractivity contribution in [3.05, 3.63) is 53.7 Å². The number of nitrogens with zero attached hydrogens (tertiary/aromatic N) is 3. The van der Waals surface area contributed by atoms with Gasteiger partial charge in [0.05, 0.1) is 23.8 Å². The minimum Gasteiger partial charge on any atom is -0.496 e. The fraction of sp³-hybridized carbons (Fsp3) is 0.370. The Balaban J connectivity index is 1.62. The second-order valence-corrected chi connectivity index (χ2v) is 9.51. The minimum absolute atomic E-state index is 0.0711. The topological polar surface area (TPSA) is 90.4 Å². The van der Waals surface area contributed by atoms with E-state index in [0.29, 0.717) is 25.1 Å². The van der Waals surface area contributed by atoms with Crippen molar-refractivity contribution in [2.75, 3.05) is 7.11 Å². The maximum absolute atomic E-state index is 13.8. The molecule has 1 saturated carbocycles. The number of benzene rings is 1. The maximum atomic E-state index is 13.8. The molecule has 1 fully saturated rings. The van der Waals surface area contributed by atoms with Crippen molar-refractivity contribution in [3.63, 3.8) is 0 Å². The molecule has 1 aromatic carbocycles. The van der Waals surface area contributed by atoms with Gasteiger partial charge in [-0.3, -0.25) is 4.98 Å². The number of rotatable bonds is 6. The molecule has 0 saturated heterocycles. The van der Waals surface area contributed by atoms with Crippen LogP contribution in [0.5, 0.6) is 5.75 Å². The van der Waals surface area contributed by atoms with Gasteiger partial charge in [-0.25, -0.2) is 13.6 Å². The second kappa shape index (κ2) is 9.04. The van der Waals surface area contributed by atoms with E-state index >= 15 is 0 Å². The molecule has 5 rings (SSSR count). The zero-order valence-electron chi connectivity index (χ0n) is 20.3. The van der Waals surface area contributed by atoms with Crippen molar-refractivity contribution in [2.24, 2.45) is 5.92 Å². The van der Waals surface area contributed by atoms with Crippen LogP contribution in [0.3, 0.4) is 0 Å². The van der Waals surface area contributed by atoms with Crippen LogP contribution in [-0.2, 0) is 6.54 Å². The van der Waals surface area contributed by atoms with Gasteiger partial charge in [0.2, 0.25) is 5.92 Å². The summed E-state index contributed by atoms with van der Waals surface area (Å²) >= 11 is 0. The number of fused-ring (bicyclic) bond motifs is 1. The van der Waals surface area contributed by atoms with E-state index in [4.69, 9.17) is 14.2 Å². The molecule has 1 aliphatic rings. The van der Waals surface area contributed by atoms with E-state index in [0.717, 1.165) is 39.0 Å². The lowest BCUT2D eigenvalue weighted by atomic mass is 9.87. The van der Waals surface area contributed by atoms with Crippen LogP contribution in [0.25, 0.3) is 33.3 Å². The summed E-state index contributed by atoms with van der Waals surface area (Å²) in [7, 11) is 1.43. The molecule has 0 amide bonds. The van der Waals surface area contributed by atoms with Crippen molar-refractivity contribution in [2.45, 2.75) is 52.0 Å². The van der Waals surface area contributed by atoms with Crippen molar-refractivity contribution < 1.29 is 27.9 Å². The normalized spacial score (nSPS) is 15.9. The van der Waals surface area contributed by atoms with Crippen molar-refractivity contribution in [1.29, 1.82) is 0 Å². The van der Waals surface area contributed by atoms with Crippen LogP contribution in [0.2, 0.25) is 0 Å². The molecule has 0 aliphatic heterocycles. The predicted octanol–water partition coefficient (Wildman–Crippen LogP) is 6.51. The number of aryl methyl sites for hydroxylation is 2. The Labute approximate surface area is 206 Å². The number of carboxylic acid groups (broad SMARTS) is 1. The third kappa shape index (κ3) is 4.34. The first-order chi connectivity index (χ1) is 17.2. The summed E-state index contributed by atoms with van der Waals surface area (Å²) in [6.07, 6.45) is 4.46. The molecule has 3 heterocycles. The van der Waals surface area contributed by atoms with Gasteiger partial charge in [0.15, 0.2) is 0 Å². The quantitative estimate of drug-likeness (QED) is 0.328. The predicted molar refractivity (Wildman–Crippen MR) is 131 cm³/mol. The van der Waals surface area contributed by atoms with Crippen molar-refractivity contribution in [1.82, 2.24) is 14.7 Å². The fourth-order valence-corrected chi connectivity index (χ4v) is 5.16. The summed E-state index contributed by atoms with van der Waals surface area (Å²) in [6.45, 7) is 4.31. The van der Waals surface area contributed by atoms with Gasteiger partial charge < -0.3 is 18.9 Å². The van der Waals surface area contributed by atoms with E-state index in [1.165, 1.54) is 13.2 Å². The Morgan fingerprint density at radius 3 is 2.61 bits per heavy atom. The van der Waals surface area contributed by atoms with Crippen LogP contribution in [0.4, 0.5) is 8.78 Å². The minimum atomic E-state index is -2.58. The number of methoxy groups -OCH3 is 1. The SMILES string of the molecule is COc1cc(-c2cn(CC3CCC(F)(F)CC3)c3cc(-c4c(C)noc4C)cnc23)ccc1C(=O)O. The third-order valence-electron chi connectivity index (χ3n) is 7.07. The molecule has 1 aliphatic carbocycles. The molecule has 0 spiro atoms. The van der Waals surface area contributed by atoms with Crippen LogP contribution >= 0.6 is 0 Å². The Hall–Kier alpha value is -3.75. The van der Waals surface area contributed by atoms with E-state index in [9.17, 15) is 18.7 Å². The molecule has 0 atom stereocenters. The van der Waals surface area contributed by atoms with Crippen LogP contribution in [0.1, 0.15) is 47.5 Å². The molecule has 36 heavy (non-hydrogen) atoms. The van der Waals surface area contributed by atoms with Crippen molar-refractivity contribution >= 4 is 17.0 Å². The Morgan fingerprint density at radius 1 is 1.22 bits per heavy atom. The number of alkyl halides is 2. The lowest BCUT2D eigenvalue weighted by Crippen LogP contribution is -2.26. The molecule has 9 heteroatoms. The number of ether oxygens (including phenoxy) is 1. The highest BCUT2D eigenvalue weighted by atomic mass is 19.3. The molecular formula is C27H27F2N3O4. The number of pyridine rings is 1. The average Bonchev–Trinajstić information content (AvgIpc) is 3.38. The van der Waals surface area contributed by atoms with Gasteiger partial charge in [-0.2, -0.15) is 0 Å². The zero-order valence-corrected chi connectivity index (χ0v) is 20.3. The molecule has 3 aromatic heterocycles. The van der Waals surface area contributed by atoms with Gasteiger partial charge in [0, 0.05) is 48.5 Å². The summed E-state index contributed by atoms with van der Waals surface area (Å²) in [5.74, 6) is -2.59. The zero-order chi connectivity index (χ0) is 25.6. The molecule has 1 N–H and O–H groups in total. The number of halogens is 2. The first-order valence-corrected chi connectivity index (χ1v) is 11.9. The van der Waals surface area contributed by atoms with E-state index in [2.05, 4.69) is 9.72 Å². The van der Waals surface area contributed by atoms with Gasteiger partial charge in [0.1, 0.15) is 17.1 Å². The molecule has 0 radical (unpaired) electrons. The molecule has 0 bridgehead atoms. The smallest absolute Gasteiger partial charge is 0.339 e. The molecular weight excluding hydrogens is 468 g/mol. The molecule has 4 aromatic rings.